The molecule has 0 N–H and O–H groups in total. The molecule has 7 heteroatoms. The molecule has 0 atom stereocenters. The number of halogens is 1. The number of rotatable bonds is 5. The molecule has 0 bridgehead atoms. The van der Waals surface area contributed by atoms with Gasteiger partial charge in [0, 0.05) is 19.2 Å². The molecule has 0 aliphatic carbocycles. The van der Waals surface area contributed by atoms with Crippen LogP contribution in [0.15, 0.2) is 48.5 Å². The van der Waals surface area contributed by atoms with Gasteiger partial charge >= 0.3 is 0 Å². The van der Waals surface area contributed by atoms with Crippen LogP contribution < -0.4 is 0 Å². The Kier molecular flexibility index (Phi) is 4.83. The SMILES string of the molecule is Cc1ccccc1CN(C)C(=O)Cn1nnc(-c2ccc(F)cc2)n1. The van der Waals surface area contributed by atoms with E-state index < -0.39 is 0 Å². The van der Waals surface area contributed by atoms with Crippen molar-refractivity contribution in [2.75, 3.05) is 7.05 Å². The number of tetrazole rings is 1. The zero-order valence-electron chi connectivity index (χ0n) is 14.1. The number of hydrogen-bond acceptors (Lipinski definition) is 4. The van der Waals surface area contributed by atoms with Crippen LogP contribution in [0.4, 0.5) is 4.39 Å². The Balaban J connectivity index is 1.65. The average molecular weight is 339 g/mol. The van der Waals surface area contributed by atoms with E-state index in [-0.39, 0.29) is 18.3 Å². The molecule has 6 nitrogen and oxygen atoms in total. The van der Waals surface area contributed by atoms with Crippen molar-refractivity contribution >= 4 is 5.91 Å². The lowest BCUT2D eigenvalue weighted by molar-refractivity contribution is -0.131. The van der Waals surface area contributed by atoms with Crippen molar-refractivity contribution in [3.8, 4) is 11.4 Å². The predicted molar refractivity (Wildman–Crippen MR) is 90.9 cm³/mol. The van der Waals surface area contributed by atoms with Gasteiger partial charge in [-0.3, -0.25) is 4.79 Å². The van der Waals surface area contributed by atoms with E-state index in [9.17, 15) is 9.18 Å². The van der Waals surface area contributed by atoms with E-state index in [0.29, 0.717) is 17.9 Å². The summed E-state index contributed by atoms with van der Waals surface area (Å²) in [4.78, 5) is 15.2. The van der Waals surface area contributed by atoms with Crippen LogP contribution >= 0.6 is 0 Å². The number of aromatic nitrogens is 4. The lowest BCUT2D eigenvalue weighted by atomic mass is 10.1. The van der Waals surface area contributed by atoms with Crippen molar-refractivity contribution < 1.29 is 9.18 Å². The van der Waals surface area contributed by atoms with E-state index in [2.05, 4.69) is 15.4 Å². The average Bonchev–Trinajstić information content (AvgIpc) is 3.06. The first-order valence-electron chi connectivity index (χ1n) is 7.85. The Labute approximate surface area is 144 Å². The number of carbonyl (C=O) groups is 1. The van der Waals surface area contributed by atoms with Crippen molar-refractivity contribution in [3.05, 3.63) is 65.5 Å². The molecule has 0 saturated carbocycles. The van der Waals surface area contributed by atoms with Crippen LogP contribution in [-0.2, 0) is 17.9 Å². The Bertz CT molecular complexity index is 875. The monoisotopic (exact) mass is 339 g/mol. The predicted octanol–water partition coefficient (Wildman–Crippen LogP) is 2.45. The van der Waals surface area contributed by atoms with E-state index in [1.54, 1.807) is 24.1 Å². The maximum Gasteiger partial charge on any atom is 0.246 e. The molecule has 128 valence electrons. The van der Waals surface area contributed by atoms with Crippen molar-refractivity contribution in [2.24, 2.45) is 0 Å². The van der Waals surface area contributed by atoms with Crippen LogP contribution in [0.2, 0.25) is 0 Å². The zero-order chi connectivity index (χ0) is 17.8. The Morgan fingerprint density at radius 3 is 2.60 bits per heavy atom. The van der Waals surface area contributed by atoms with Gasteiger partial charge in [0.1, 0.15) is 12.4 Å². The summed E-state index contributed by atoms with van der Waals surface area (Å²) in [6.07, 6.45) is 0. The molecule has 0 saturated heterocycles. The smallest absolute Gasteiger partial charge is 0.246 e. The second-order valence-corrected chi connectivity index (χ2v) is 5.83. The Morgan fingerprint density at radius 1 is 1.16 bits per heavy atom. The molecule has 0 aliphatic heterocycles. The highest BCUT2D eigenvalue weighted by Gasteiger charge is 2.14. The van der Waals surface area contributed by atoms with Crippen LogP contribution in [0.5, 0.6) is 0 Å². The minimum Gasteiger partial charge on any atom is -0.340 e. The Morgan fingerprint density at radius 2 is 1.88 bits per heavy atom. The second-order valence-electron chi connectivity index (χ2n) is 5.83. The molecule has 0 spiro atoms. The fourth-order valence-corrected chi connectivity index (χ4v) is 2.40. The van der Waals surface area contributed by atoms with E-state index in [1.165, 1.54) is 16.9 Å². The first-order valence-corrected chi connectivity index (χ1v) is 7.85. The van der Waals surface area contributed by atoms with Gasteiger partial charge in [0.25, 0.3) is 0 Å². The van der Waals surface area contributed by atoms with Gasteiger partial charge in [-0.1, -0.05) is 24.3 Å². The zero-order valence-corrected chi connectivity index (χ0v) is 14.1. The summed E-state index contributed by atoms with van der Waals surface area (Å²) in [7, 11) is 1.74. The minimum atomic E-state index is -0.329. The molecule has 1 amide bonds. The van der Waals surface area contributed by atoms with Gasteiger partial charge < -0.3 is 4.90 Å². The maximum absolute atomic E-state index is 13.0. The van der Waals surface area contributed by atoms with Gasteiger partial charge in [0.15, 0.2) is 0 Å². The fourth-order valence-electron chi connectivity index (χ4n) is 2.40. The van der Waals surface area contributed by atoms with E-state index in [1.807, 2.05) is 31.2 Å². The molecule has 3 rings (SSSR count). The number of hydrogen-bond donors (Lipinski definition) is 0. The topological polar surface area (TPSA) is 63.9 Å². The molecule has 0 fully saturated rings. The molecule has 2 aromatic carbocycles. The second kappa shape index (κ2) is 7.21. The highest BCUT2D eigenvalue weighted by molar-refractivity contribution is 5.75. The summed E-state index contributed by atoms with van der Waals surface area (Å²) in [5, 5.41) is 12.0. The molecule has 0 unspecified atom stereocenters. The third-order valence-corrected chi connectivity index (χ3v) is 3.93. The fraction of sp³-hybridized carbons (Fsp3) is 0.222. The largest absolute Gasteiger partial charge is 0.340 e. The highest BCUT2D eigenvalue weighted by atomic mass is 19.1. The van der Waals surface area contributed by atoms with Crippen LogP contribution in [0.1, 0.15) is 11.1 Å². The molecule has 25 heavy (non-hydrogen) atoms. The van der Waals surface area contributed by atoms with Gasteiger partial charge in [-0.2, -0.15) is 4.80 Å². The van der Waals surface area contributed by atoms with Crippen LogP contribution in [0, 0.1) is 12.7 Å². The van der Waals surface area contributed by atoms with Crippen LogP contribution in [0.3, 0.4) is 0 Å². The molecule has 1 aromatic heterocycles. The summed E-state index contributed by atoms with van der Waals surface area (Å²) < 4.78 is 13.0. The third-order valence-electron chi connectivity index (χ3n) is 3.93. The standard InChI is InChI=1S/C18H18FN5O/c1-13-5-3-4-6-15(13)11-23(2)17(25)12-24-21-18(20-22-24)14-7-9-16(19)10-8-14/h3-10H,11-12H2,1-2H3. The molecule has 0 aliphatic rings. The molecular weight excluding hydrogens is 321 g/mol. The normalized spacial score (nSPS) is 10.7. The summed E-state index contributed by atoms with van der Waals surface area (Å²) in [6, 6.07) is 13.7. The van der Waals surface area contributed by atoms with Gasteiger partial charge in [-0.05, 0) is 47.5 Å². The first kappa shape index (κ1) is 16.8. The van der Waals surface area contributed by atoms with Crippen LogP contribution in [0.25, 0.3) is 11.4 Å². The highest BCUT2D eigenvalue weighted by Crippen LogP contribution is 2.14. The van der Waals surface area contributed by atoms with Gasteiger partial charge in [-0.25, -0.2) is 4.39 Å². The number of benzene rings is 2. The number of likely N-dealkylation sites (N-methyl/N-ethyl adjacent to an activating group) is 1. The van der Waals surface area contributed by atoms with E-state index in [0.717, 1.165) is 11.1 Å². The van der Waals surface area contributed by atoms with Gasteiger partial charge in [0.2, 0.25) is 11.7 Å². The lowest BCUT2D eigenvalue weighted by Crippen LogP contribution is -2.30. The van der Waals surface area contributed by atoms with E-state index >= 15 is 0 Å². The van der Waals surface area contributed by atoms with Crippen LogP contribution in [-0.4, -0.2) is 38.1 Å². The number of nitrogens with zero attached hydrogens (tertiary/aromatic N) is 5. The van der Waals surface area contributed by atoms with Gasteiger partial charge in [0.05, 0.1) is 0 Å². The lowest BCUT2D eigenvalue weighted by Gasteiger charge is -2.18. The minimum absolute atomic E-state index is 0.00340. The van der Waals surface area contributed by atoms with Crippen molar-refractivity contribution in [1.82, 2.24) is 25.1 Å². The molecule has 3 aromatic rings. The third kappa shape index (κ3) is 4.06. The number of carbonyl (C=O) groups excluding carboxylic acids is 1. The first-order chi connectivity index (χ1) is 12.0. The van der Waals surface area contributed by atoms with Crippen molar-refractivity contribution in [3.63, 3.8) is 0 Å². The molecular formula is C18H18FN5O. The Hall–Kier alpha value is -3.09. The number of aryl methyl sites for hydroxylation is 1. The van der Waals surface area contributed by atoms with Crippen molar-refractivity contribution in [2.45, 2.75) is 20.0 Å². The molecule has 0 radical (unpaired) electrons. The maximum atomic E-state index is 13.0. The summed E-state index contributed by atoms with van der Waals surface area (Å²) in [5.41, 5.74) is 2.88. The van der Waals surface area contributed by atoms with E-state index in [4.69, 9.17) is 0 Å². The molecule has 1 heterocycles. The summed E-state index contributed by atoms with van der Waals surface area (Å²) >= 11 is 0. The van der Waals surface area contributed by atoms with Gasteiger partial charge in [-0.15, -0.1) is 10.2 Å². The quantitative estimate of drug-likeness (QED) is 0.716. The summed E-state index contributed by atoms with van der Waals surface area (Å²) in [5.74, 6) is -0.0928. The van der Waals surface area contributed by atoms with Crippen molar-refractivity contribution in [1.29, 1.82) is 0 Å². The number of amides is 1. The summed E-state index contributed by atoms with van der Waals surface area (Å²) in [6.45, 7) is 2.53.